The number of carbonyl (C=O) groups is 1. The maximum absolute atomic E-state index is 11.7. The van der Waals surface area contributed by atoms with Crippen LogP contribution >= 0.6 is 11.3 Å². The maximum Gasteiger partial charge on any atom is 0.407 e. The van der Waals surface area contributed by atoms with Crippen LogP contribution in [0.3, 0.4) is 0 Å². The van der Waals surface area contributed by atoms with E-state index in [1.54, 1.807) is 11.3 Å². The van der Waals surface area contributed by atoms with E-state index < -0.39 is 5.60 Å². The van der Waals surface area contributed by atoms with Gasteiger partial charge in [0.05, 0.1) is 6.04 Å². The second-order valence-corrected chi connectivity index (χ2v) is 7.62. The monoisotopic (exact) mass is 311 g/mol. The summed E-state index contributed by atoms with van der Waals surface area (Å²) in [5.74, 6) is 0. The Bertz CT molecular complexity index is 489. The van der Waals surface area contributed by atoms with Gasteiger partial charge in [-0.25, -0.2) is 9.78 Å². The van der Waals surface area contributed by atoms with Gasteiger partial charge in [0.1, 0.15) is 10.6 Å². The lowest BCUT2D eigenvalue weighted by atomic mass is 9.86. The van der Waals surface area contributed by atoms with E-state index in [0.29, 0.717) is 6.04 Å². The molecule has 118 valence electrons. The molecule has 1 aromatic heterocycles. The zero-order chi connectivity index (χ0) is 15.6. The molecule has 0 spiro atoms. The Balaban J connectivity index is 1.68. The molecule has 1 unspecified atom stereocenters. The number of rotatable bonds is 4. The van der Waals surface area contributed by atoms with E-state index in [9.17, 15) is 4.79 Å². The quantitative estimate of drug-likeness (QED) is 0.896. The van der Waals surface area contributed by atoms with Crippen LogP contribution in [0.1, 0.15) is 57.3 Å². The topological polar surface area (TPSA) is 63.2 Å². The molecule has 0 radical (unpaired) electrons. The molecule has 1 aliphatic rings. The van der Waals surface area contributed by atoms with Gasteiger partial charge in [0, 0.05) is 23.2 Å². The Hall–Kier alpha value is -1.14. The van der Waals surface area contributed by atoms with Crippen LogP contribution in [0.5, 0.6) is 0 Å². The number of aryl methyl sites for hydroxylation is 1. The number of ether oxygens (including phenoxy) is 1. The highest BCUT2D eigenvalue weighted by Gasteiger charge is 2.32. The second kappa shape index (κ2) is 6.32. The molecule has 1 aromatic rings. The fraction of sp³-hybridized carbons (Fsp3) is 0.733. The van der Waals surface area contributed by atoms with Crippen LogP contribution in [0.15, 0.2) is 5.38 Å². The van der Waals surface area contributed by atoms with Gasteiger partial charge >= 0.3 is 6.09 Å². The van der Waals surface area contributed by atoms with Gasteiger partial charge in [-0.15, -0.1) is 11.3 Å². The van der Waals surface area contributed by atoms with Crippen LogP contribution < -0.4 is 10.6 Å². The molecule has 2 rings (SSSR count). The van der Waals surface area contributed by atoms with Crippen LogP contribution in [-0.2, 0) is 4.74 Å². The number of carbonyl (C=O) groups excluding carboxylic acids is 1. The average molecular weight is 311 g/mol. The zero-order valence-electron chi connectivity index (χ0n) is 13.4. The molecule has 0 aliphatic heterocycles. The van der Waals surface area contributed by atoms with Crippen LogP contribution in [0.2, 0.25) is 0 Å². The van der Waals surface area contributed by atoms with Crippen molar-refractivity contribution >= 4 is 17.4 Å². The summed E-state index contributed by atoms with van der Waals surface area (Å²) in [6.07, 6.45) is 1.55. The molecule has 1 saturated carbocycles. The highest BCUT2D eigenvalue weighted by atomic mass is 32.1. The molecule has 2 N–H and O–H groups in total. The molecular weight excluding hydrogens is 286 g/mol. The predicted molar refractivity (Wildman–Crippen MR) is 84.6 cm³/mol. The van der Waals surface area contributed by atoms with Crippen molar-refractivity contribution in [1.82, 2.24) is 15.6 Å². The van der Waals surface area contributed by atoms with Gasteiger partial charge in [0.25, 0.3) is 0 Å². The summed E-state index contributed by atoms with van der Waals surface area (Å²) in [5, 5.41) is 9.65. The van der Waals surface area contributed by atoms with Gasteiger partial charge in [-0.1, -0.05) is 0 Å². The normalized spacial score (nSPS) is 23.3. The molecule has 0 bridgehead atoms. The Morgan fingerprint density at radius 3 is 2.62 bits per heavy atom. The van der Waals surface area contributed by atoms with Crippen LogP contribution in [0.25, 0.3) is 0 Å². The smallest absolute Gasteiger partial charge is 0.407 e. The van der Waals surface area contributed by atoms with Crippen molar-refractivity contribution in [1.29, 1.82) is 0 Å². The van der Waals surface area contributed by atoms with Gasteiger partial charge in [0.15, 0.2) is 0 Å². The summed E-state index contributed by atoms with van der Waals surface area (Å²) in [6.45, 7) is 9.75. The summed E-state index contributed by atoms with van der Waals surface area (Å²) in [6, 6.07) is 0.905. The SMILES string of the molecule is Cc1csc(C(C)NC2CC(NC(=O)OC(C)(C)C)C2)n1. The third-order valence-corrected chi connectivity index (χ3v) is 4.50. The van der Waals surface area contributed by atoms with Crippen molar-refractivity contribution in [3.63, 3.8) is 0 Å². The van der Waals surface area contributed by atoms with E-state index in [1.165, 1.54) is 0 Å². The van der Waals surface area contributed by atoms with E-state index in [4.69, 9.17) is 4.74 Å². The molecule has 0 aromatic carbocycles. The summed E-state index contributed by atoms with van der Waals surface area (Å²) < 4.78 is 5.25. The summed E-state index contributed by atoms with van der Waals surface area (Å²) in [7, 11) is 0. The second-order valence-electron chi connectivity index (χ2n) is 6.73. The molecule has 1 amide bonds. The largest absolute Gasteiger partial charge is 0.444 e. The van der Waals surface area contributed by atoms with Crippen molar-refractivity contribution in [2.45, 2.75) is 71.2 Å². The van der Waals surface area contributed by atoms with Crippen LogP contribution in [0, 0.1) is 6.92 Å². The predicted octanol–water partition coefficient (Wildman–Crippen LogP) is 3.16. The summed E-state index contributed by atoms with van der Waals surface area (Å²) >= 11 is 1.69. The van der Waals surface area contributed by atoms with Gasteiger partial charge < -0.3 is 15.4 Å². The maximum atomic E-state index is 11.7. The molecule has 1 aliphatic carbocycles. The standard InChI is InChI=1S/C15H25N3O2S/c1-9-8-21-13(16-9)10(2)17-11-6-12(7-11)18-14(19)20-15(3,4)5/h8,10-12,17H,6-7H2,1-5H3,(H,18,19). The Morgan fingerprint density at radius 1 is 1.43 bits per heavy atom. The Morgan fingerprint density at radius 2 is 2.10 bits per heavy atom. The van der Waals surface area contributed by atoms with Gasteiger partial charge in [0.2, 0.25) is 0 Å². The molecule has 5 nitrogen and oxygen atoms in total. The minimum Gasteiger partial charge on any atom is -0.444 e. The first-order chi connectivity index (χ1) is 9.73. The molecule has 1 atom stereocenters. The van der Waals surface area contributed by atoms with Crippen LogP contribution in [-0.4, -0.2) is 28.8 Å². The van der Waals surface area contributed by atoms with Crippen LogP contribution in [0.4, 0.5) is 4.79 Å². The number of hydrogen-bond acceptors (Lipinski definition) is 5. The number of alkyl carbamates (subject to hydrolysis) is 1. The third kappa shape index (κ3) is 4.97. The van der Waals surface area contributed by atoms with E-state index in [0.717, 1.165) is 23.5 Å². The van der Waals surface area contributed by atoms with Gasteiger partial charge in [-0.3, -0.25) is 0 Å². The number of aromatic nitrogens is 1. The first-order valence-corrected chi connectivity index (χ1v) is 8.28. The van der Waals surface area contributed by atoms with Crippen molar-refractivity contribution in [3.8, 4) is 0 Å². The number of nitrogens with zero attached hydrogens (tertiary/aromatic N) is 1. The minimum absolute atomic E-state index is 0.211. The van der Waals surface area contributed by atoms with Gasteiger partial charge in [-0.05, 0) is 47.5 Å². The summed E-state index contributed by atoms with van der Waals surface area (Å²) in [4.78, 5) is 16.1. The fourth-order valence-corrected chi connectivity index (χ4v) is 3.15. The fourth-order valence-electron chi connectivity index (χ4n) is 2.34. The average Bonchev–Trinajstić information content (AvgIpc) is 2.70. The van der Waals surface area contributed by atoms with Crippen molar-refractivity contribution in [2.24, 2.45) is 0 Å². The first kappa shape index (κ1) is 16.2. The lowest BCUT2D eigenvalue weighted by molar-refractivity contribution is 0.0463. The third-order valence-electron chi connectivity index (χ3n) is 3.35. The molecular formula is C15H25N3O2S. The number of nitrogens with one attached hydrogen (secondary N) is 2. The molecule has 0 saturated heterocycles. The van der Waals surface area contributed by atoms with E-state index in [2.05, 4.69) is 27.9 Å². The molecule has 1 fully saturated rings. The zero-order valence-corrected chi connectivity index (χ0v) is 14.2. The van der Waals surface area contributed by atoms with Crippen molar-refractivity contribution in [2.75, 3.05) is 0 Å². The minimum atomic E-state index is -0.442. The van der Waals surface area contributed by atoms with E-state index in [-0.39, 0.29) is 18.2 Å². The highest BCUT2D eigenvalue weighted by Crippen LogP contribution is 2.25. The van der Waals surface area contributed by atoms with Crippen molar-refractivity contribution in [3.05, 3.63) is 16.1 Å². The van der Waals surface area contributed by atoms with E-state index in [1.807, 2.05) is 27.7 Å². The first-order valence-electron chi connectivity index (χ1n) is 7.40. The van der Waals surface area contributed by atoms with Gasteiger partial charge in [-0.2, -0.15) is 0 Å². The molecule has 6 heteroatoms. The lowest BCUT2D eigenvalue weighted by Gasteiger charge is -2.38. The lowest BCUT2D eigenvalue weighted by Crippen LogP contribution is -2.53. The summed E-state index contributed by atoms with van der Waals surface area (Å²) in [5.41, 5.74) is 0.629. The van der Waals surface area contributed by atoms with Crippen molar-refractivity contribution < 1.29 is 9.53 Å². The highest BCUT2D eigenvalue weighted by molar-refractivity contribution is 7.09. The Labute approximate surface area is 130 Å². The number of hydrogen-bond donors (Lipinski definition) is 2. The van der Waals surface area contributed by atoms with E-state index >= 15 is 0 Å². The molecule has 21 heavy (non-hydrogen) atoms. The Kier molecular flexibility index (Phi) is 4.88. The number of thiazole rings is 1. The molecule has 1 heterocycles. The number of amides is 1.